The lowest BCUT2D eigenvalue weighted by atomic mass is 9.95. The number of carbonyl (C=O) groups excluding carboxylic acids is 2. The van der Waals surface area contributed by atoms with Crippen LogP contribution >= 0.6 is 0 Å². The molecule has 2 heterocycles. The van der Waals surface area contributed by atoms with Crippen molar-refractivity contribution in [2.45, 2.75) is 31.9 Å². The van der Waals surface area contributed by atoms with Gasteiger partial charge >= 0.3 is 6.18 Å². The number of benzene rings is 2. The number of carbonyl (C=O) groups is 2. The predicted molar refractivity (Wildman–Crippen MR) is 103 cm³/mol. The number of amides is 2. The van der Waals surface area contributed by atoms with E-state index in [1.807, 2.05) is 0 Å². The number of nitrogens with zero attached hydrogens (tertiary/aromatic N) is 3. The van der Waals surface area contributed by atoms with E-state index in [2.05, 4.69) is 5.10 Å². The fourth-order valence-corrected chi connectivity index (χ4v) is 4.29. The lowest BCUT2D eigenvalue weighted by molar-refractivity contribution is -0.142. The Morgan fingerprint density at radius 3 is 2.16 bits per heavy atom. The number of alkyl halides is 3. The average Bonchev–Trinajstić information content (AvgIpc) is 3.25. The third-order valence-electron chi connectivity index (χ3n) is 5.65. The summed E-state index contributed by atoms with van der Waals surface area (Å²) in [6.45, 7) is 0. The number of hydrogen-bond donors (Lipinski definition) is 0. The molecule has 2 aromatic carbocycles. The number of halogens is 4. The van der Waals surface area contributed by atoms with E-state index in [9.17, 15) is 27.2 Å². The number of fused-ring (bicyclic) bond motifs is 2. The van der Waals surface area contributed by atoms with Crippen LogP contribution in [0.4, 0.5) is 23.2 Å². The molecule has 3 aromatic rings. The van der Waals surface area contributed by atoms with Crippen molar-refractivity contribution < 1.29 is 27.2 Å². The highest BCUT2D eigenvalue weighted by atomic mass is 19.4. The van der Waals surface area contributed by atoms with Crippen LogP contribution in [0.5, 0.6) is 0 Å². The lowest BCUT2D eigenvalue weighted by Crippen LogP contribution is -2.31. The molecule has 0 unspecified atom stereocenters. The monoisotopic (exact) mass is 429 g/mol. The molecular weight excluding hydrogens is 414 g/mol. The topological polar surface area (TPSA) is 55.2 Å². The second-order valence-electron chi connectivity index (χ2n) is 7.51. The standard InChI is InChI=1S/C22H15F4N3O2/c23-12-9-10-17(29-16-8-4-3-7-15(16)19(27-29)22(24,25)26)18(11-12)28-20(30)13-5-1-2-6-14(13)21(28)31/h1-2,5-6,9-11H,3-4,7-8H2. The molecule has 0 saturated carbocycles. The number of anilines is 1. The first-order valence-corrected chi connectivity index (χ1v) is 9.73. The Bertz CT molecular complexity index is 1210. The van der Waals surface area contributed by atoms with Crippen LogP contribution in [-0.2, 0) is 19.0 Å². The lowest BCUT2D eigenvalue weighted by Gasteiger charge is -2.20. The van der Waals surface area contributed by atoms with Crippen molar-refractivity contribution in [1.82, 2.24) is 9.78 Å². The Hall–Kier alpha value is -3.49. The van der Waals surface area contributed by atoms with Crippen LogP contribution < -0.4 is 4.90 Å². The molecule has 2 aliphatic rings. The van der Waals surface area contributed by atoms with E-state index in [0.717, 1.165) is 21.7 Å². The van der Waals surface area contributed by atoms with Crippen LogP contribution in [0.15, 0.2) is 42.5 Å². The zero-order valence-corrected chi connectivity index (χ0v) is 16.0. The van der Waals surface area contributed by atoms with Crippen LogP contribution in [0.2, 0.25) is 0 Å². The minimum atomic E-state index is -4.65. The van der Waals surface area contributed by atoms with Gasteiger partial charge in [0.2, 0.25) is 0 Å². The van der Waals surface area contributed by atoms with Crippen molar-refractivity contribution in [1.29, 1.82) is 0 Å². The summed E-state index contributed by atoms with van der Waals surface area (Å²) in [4.78, 5) is 26.7. The Balaban J connectivity index is 1.72. The summed E-state index contributed by atoms with van der Waals surface area (Å²) in [5.41, 5.74) is -0.304. The molecule has 0 atom stereocenters. The normalized spacial score (nSPS) is 15.9. The van der Waals surface area contributed by atoms with Crippen LogP contribution in [-0.4, -0.2) is 21.6 Å². The van der Waals surface area contributed by atoms with Crippen molar-refractivity contribution in [2.75, 3.05) is 4.90 Å². The Morgan fingerprint density at radius 2 is 1.52 bits per heavy atom. The maximum absolute atomic E-state index is 14.2. The highest BCUT2D eigenvalue weighted by Crippen LogP contribution is 2.39. The average molecular weight is 429 g/mol. The second-order valence-corrected chi connectivity index (χ2v) is 7.51. The first kappa shape index (κ1) is 19.5. The zero-order chi connectivity index (χ0) is 21.9. The third-order valence-corrected chi connectivity index (χ3v) is 5.65. The Morgan fingerprint density at radius 1 is 0.871 bits per heavy atom. The minimum Gasteiger partial charge on any atom is -0.268 e. The summed E-state index contributed by atoms with van der Waals surface area (Å²) in [6.07, 6.45) is -2.77. The first-order chi connectivity index (χ1) is 14.8. The van der Waals surface area contributed by atoms with E-state index in [1.54, 1.807) is 12.1 Å². The number of hydrogen-bond acceptors (Lipinski definition) is 3. The third kappa shape index (κ3) is 2.95. The van der Waals surface area contributed by atoms with Crippen molar-refractivity contribution in [2.24, 2.45) is 0 Å². The van der Waals surface area contributed by atoms with Gasteiger partial charge in [0.15, 0.2) is 5.69 Å². The largest absolute Gasteiger partial charge is 0.435 e. The van der Waals surface area contributed by atoms with E-state index in [-0.39, 0.29) is 34.5 Å². The van der Waals surface area contributed by atoms with Gasteiger partial charge in [0, 0.05) is 17.3 Å². The number of imide groups is 1. The van der Waals surface area contributed by atoms with Gasteiger partial charge in [-0.1, -0.05) is 12.1 Å². The molecule has 5 rings (SSSR count). The summed E-state index contributed by atoms with van der Waals surface area (Å²) in [5.74, 6) is -2.05. The molecule has 0 spiro atoms. The van der Waals surface area contributed by atoms with Crippen LogP contribution in [0.25, 0.3) is 5.69 Å². The molecule has 0 fully saturated rings. The molecule has 0 bridgehead atoms. The molecule has 0 N–H and O–H groups in total. The molecule has 9 heteroatoms. The zero-order valence-electron chi connectivity index (χ0n) is 16.0. The molecule has 1 aliphatic carbocycles. The minimum absolute atomic E-state index is 0.0459. The van der Waals surface area contributed by atoms with Gasteiger partial charge in [-0.15, -0.1) is 0 Å². The molecule has 158 valence electrons. The van der Waals surface area contributed by atoms with Gasteiger partial charge in [0.05, 0.1) is 22.5 Å². The van der Waals surface area contributed by atoms with Gasteiger partial charge in [-0.05, 0) is 49.9 Å². The van der Waals surface area contributed by atoms with Crippen LogP contribution in [0.3, 0.4) is 0 Å². The van der Waals surface area contributed by atoms with Gasteiger partial charge in [-0.2, -0.15) is 18.3 Å². The summed E-state index contributed by atoms with van der Waals surface area (Å²) in [6, 6.07) is 9.44. The van der Waals surface area contributed by atoms with E-state index in [4.69, 9.17) is 0 Å². The quantitative estimate of drug-likeness (QED) is 0.438. The number of aromatic nitrogens is 2. The molecule has 5 nitrogen and oxygen atoms in total. The first-order valence-electron chi connectivity index (χ1n) is 9.73. The molecule has 0 saturated heterocycles. The van der Waals surface area contributed by atoms with Gasteiger partial charge in [0.25, 0.3) is 11.8 Å². The Labute approximate surface area is 173 Å². The van der Waals surface area contributed by atoms with E-state index >= 15 is 0 Å². The molecule has 0 radical (unpaired) electrons. The molecular formula is C22H15F4N3O2. The van der Waals surface area contributed by atoms with Gasteiger partial charge < -0.3 is 0 Å². The van der Waals surface area contributed by atoms with Crippen molar-refractivity contribution in [3.63, 3.8) is 0 Å². The Kier molecular flexibility index (Phi) is 4.25. The molecule has 1 aromatic heterocycles. The van der Waals surface area contributed by atoms with Gasteiger partial charge in [-0.3, -0.25) is 9.59 Å². The summed E-state index contributed by atoms with van der Waals surface area (Å²) in [7, 11) is 0. The SMILES string of the molecule is O=C1c2ccccc2C(=O)N1c1cc(F)ccc1-n1nc(C(F)(F)F)c2c1CCCC2. The fourth-order valence-electron chi connectivity index (χ4n) is 4.29. The van der Waals surface area contributed by atoms with Crippen molar-refractivity contribution in [3.8, 4) is 5.69 Å². The second kappa shape index (κ2) is 6.76. The van der Waals surface area contributed by atoms with Crippen LogP contribution in [0, 0.1) is 5.82 Å². The maximum atomic E-state index is 14.2. The van der Waals surface area contributed by atoms with Gasteiger partial charge in [-0.25, -0.2) is 14.0 Å². The highest BCUT2D eigenvalue weighted by molar-refractivity contribution is 6.34. The molecule has 1 aliphatic heterocycles. The van der Waals surface area contributed by atoms with E-state index in [0.29, 0.717) is 25.0 Å². The van der Waals surface area contributed by atoms with Gasteiger partial charge in [0.1, 0.15) is 5.82 Å². The summed E-state index contributed by atoms with van der Waals surface area (Å²) in [5, 5.41) is 3.81. The predicted octanol–water partition coefficient (Wildman–Crippen LogP) is 4.71. The van der Waals surface area contributed by atoms with Crippen molar-refractivity contribution >= 4 is 17.5 Å². The maximum Gasteiger partial charge on any atom is 0.435 e. The summed E-state index contributed by atoms with van der Waals surface area (Å²) >= 11 is 0. The van der Waals surface area contributed by atoms with E-state index < -0.39 is 29.5 Å². The van der Waals surface area contributed by atoms with Crippen molar-refractivity contribution in [3.05, 3.63) is 76.4 Å². The molecule has 31 heavy (non-hydrogen) atoms. The van der Waals surface area contributed by atoms with E-state index in [1.165, 1.54) is 18.2 Å². The smallest absolute Gasteiger partial charge is 0.268 e. The fraction of sp³-hybridized carbons (Fsp3) is 0.227. The highest BCUT2D eigenvalue weighted by Gasteiger charge is 2.41. The number of rotatable bonds is 2. The summed E-state index contributed by atoms with van der Waals surface area (Å²) < 4.78 is 56.1. The van der Waals surface area contributed by atoms with Crippen LogP contribution in [0.1, 0.15) is 50.5 Å². The molecule has 2 amide bonds.